The topological polar surface area (TPSA) is 71.3 Å². The second kappa shape index (κ2) is 11.4. The van der Waals surface area contributed by atoms with E-state index in [-0.39, 0.29) is 39.6 Å². The lowest BCUT2D eigenvalue weighted by molar-refractivity contribution is -0.126. The van der Waals surface area contributed by atoms with E-state index in [9.17, 15) is 14.0 Å². The third-order valence-electron chi connectivity index (χ3n) is 7.54. The molecule has 4 aromatic rings. The van der Waals surface area contributed by atoms with Crippen LogP contribution >= 0.6 is 11.6 Å². The molecule has 1 amide bonds. The lowest BCUT2D eigenvalue weighted by Crippen LogP contribution is -2.48. The van der Waals surface area contributed by atoms with Crippen molar-refractivity contribution in [1.82, 2.24) is 19.4 Å². The van der Waals surface area contributed by atoms with E-state index in [1.54, 1.807) is 46.0 Å². The number of benzene rings is 1. The van der Waals surface area contributed by atoms with Gasteiger partial charge in [-0.3, -0.25) is 19.1 Å². The van der Waals surface area contributed by atoms with E-state index in [1.165, 1.54) is 12.1 Å². The van der Waals surface area contributed by atoms with Crippen LogP contribution in [0, 0.1) is 5.82 Å². The molecule has 1 aromatic carbocycles. The third kappa shape index (κ3) is 5.24. The number of aromatic nitrogens is 3. The molecule has 7 nitrogen and oxygen atoms in total. The number of carbonyl (C=O) groups is 1. The predicted molar refractivity (Wildman–Crippen MR) is 163 cm³/mol. The maximum absolute atomic E-state index is 15.0. The number of amides is 1. The number of piperazine rings is 1. The van der Waals surface area contributed by atoms with Crippen LogP contribution in [0.15, 0.2) is 66.1 Å². The van der Waals surface area contributed by atoms with Crippen LogP contribution in [-0.4, -0.2) is 51.5 Å². The number of nitrogens with zero attached hydrogens (tertiary/aromatic N) is 5. The molecule has 9 heteroatoms. The first-order chi connectivity index (χ1) is 19.6. The summed E-state index contributed by atoms with van der Waals surface area (Å²) in [6.07, 6.45) is 3.08. The first-order valence-corrected chi connectivity index (χ1v) is 14.2. The molecule has 0 N–H and O–H groups in total. The summed E-state index contributed by atoms with van der Waals surface area (Å²) in [7, 11) is 0. The molecule has 3 aromatic heterocycles. The average Bonchev–Trinajstić information content (AvgIpc) is 2.96. The molecular formula is C32H33ClFN5O2. The zero-order valence-electron chi connectivity index (χ0n) is 23.7. The molecule has 0 unspecified atom stereocenters. The quantitative estimate of drug-likeness (QED) is 0.252. The molecule has 4 heterocycles. The van der Waals surface area contributed by atoms with Gasteiger partial charge < -0.3 is 9.80 Å². The van der Waals surface area contributed by atoms with Gasteiger partial charge in [0.1, 0.15) is 11.5 Å². The van der Waals surface area contributed by atoms with E-state index in [4.69, 9.17) is 16.6 Å². The maximum atomic E-state index is 15.0. The highest BCUT2D eigenvalue weighted by atomic mass is 35.5. The van der Waals surface area contributed by atoms with Crippen LogP contribution in [0.25, 0.3) is 28.0 Å². The van der Waals surface area contributed by atoms with Crippen LogP contribution in [0.3, 0.4) is 0 Å². The van der Waals surface area contributed by atoms with Crippen molar-refractivity contribution in [2.75, 3.05) is 31.1 Å². The highest BCUT2D eigenvalue weighted by Gasteiger charge is 2.27. The molecule has 1 saturated heterocycles. The standard InChI is InChI=1S/C32H33ClFN5O2/c1-6-27(40)38-15-13-37(14-16-38)26-18-28(41)39(31-21(19(2)3)11-12-35-29(31)20(4)5)32-23(26)17-24(33)30(36-32)22-9-7-8-10-25(22)34/h6-12,17-20H,1,13-16H2,2-5H3. The molecule has 0 atom stereocenters. The Morgan fingerprint density at radius 3 is 2.39 bits per heavy atom. The summed E-state index contributed by atoms with van der Waals surface area (Å²) in [5, 5.41) is 0.931. The summed E-state index contributed by atoms with van der Waals surface area (Å²) in [6.45, 7) is 13.8. The van der Waals surface area contributed by atoms with Gasteiger partial charge in [-0.15, -0.1) is 0 Å². The van der Waals surface area contributed by atoms with E-state index in [2.05, 4.69) is 30.3 Å². The Balaban J connectivity index is 1.82. The van der Waals surface area contributed by atoms with Crippen molar-refractivity contribution in [2.45, 2.75) is 39.5 Å². The summed E-state index contributed by atoms with van der Waals surface area (Å²) < 4.78 is 16.6. The van der Waals surface area contributed by atoms with Crippen LogP contribution in [-0.2, 0) is 4.79 Å². The Kier molecular flexibility index (Phi) is 7.95. The van der Waals surface area contributed by atoms with E-state index in [1.807, 2.05) is 19.9 Å². The highest BCUT2D eigenvalue weighted by molar-refractivity contribution is 6.34. The first kappa shape index (κ1) is 28.5. The fraction of sp³-hybridized carbons (Fsp3) is 0.312. The monoisotopic (exact) mass is 573 g/mol. The number of pyridine rings is 3. The summed E-state index contributed by atoms with van der Waals surface area (Å²) in [5.74, 6) is -0.454. The smallest absolute Gasteiger partial charge is 0.258 e. The number of rotatable bonds is 6. The van der Waals surface area contributed by atoms with E-state index in [0.717, 1.165) is 11.3 Å². The Morgan fingerprint density at radius 2 is 1.76 bits per heavy atom. The zero-order valence-corrected chi connectivity index (χ0v) is 24.5. The predicted octanol–water partition coefficient (Wildman–Crippen LogP) is 6.32. The van der Waals surface area contributed by atoms with Gasteiger partial charge in [0.25, 0.3) is 5.56 Å². The fourth-order valence-corrected chi connectivity index (χ4v) is 5.69. The molecule has 1 aliphatic heterocycles. The highest BCUT2D eigenvalue weighted by Crippen LogP contribution is 2.37. The summed E-state index contributed by atoms with van der Waals surface area (Å²) >= 11 is 6.79. The van der Waals surface area contributed by atoms with Crippen molar-refractivity contribution < 1.29 is 9.18 Å². The molecule has 1 fully saturated rings. The van der Waals surface area contributed by atoms with Crippen molar-refractivity contribution in [3.63, 3.8) is 0 Å². The van der Waals surface area contributed by atoms with Gasteiger partial charge in [-0.2, -0.15) is 0 Å². The van der Waals surface area contributed by atoms with Crippen molar-refractivity contribution in [1.29, 1.82) is 0 Å². The third-order valence-corrected chi connectivity index (χ3v) is 7.82. The van der Waals surface area contributed by atoms with Gasteiger partial charge >= 0.3 is 0 Å². The van der Waals surface area contributed by atoms with Crippen molar-refractivity contribution in [2.24, 2.45) is 0 Å². The van der Waals surface area contributed by atoms with Gasteiger partial charge in [0.2, 0.25) is 5.91 Å². The van der Waals surface area contributed by atoms with Crippen LogP contribution in [0.5, 0.6) is 0 Å². The lowest BCUT2D eigenvalue weighted by Gasteiger charge is -2.36. The average molecular weight is 574 g/mol. The number of hydrogen-bond donors (Lipinski definition) is 0. The Hall–Kier alpha value is -4.04. The molecule has 0 spiro atoms. The number of fused-ring (bicyclic) bond motifs is 1. The summed E-state index contributed by atoms with van der Waals surface area (Å²) in [4.78, 5) is 39.7. The number of carbonyl (C=O) groups excluding carboxylic acids is 1. The Labute approximate surface area is 243 Å². The second-order valence-corrected chi connectivity index (χ2v) is 11.2. The Bertz CT molecular complexity index is 1680. The van der Waals surface area contributed by atoms with Gasteiger partial charge in [-0.1, -0.05) is 58.0 Å². The molecule has 0 saturated carbocycles. The molecular weight excluding hydrogens is 541 g/mol. The van der Waals surface area contributed by atoms with E-state index < -0.39 is 5.82 Å². The summed E-state index contributed by atoms with van der Waals surface area (Å²) in [5.41, 5.74) is 3.69. The van der Waals surface area contributed by atoms with Crippen LogP contribution in [0.2, 0.25) is 5.02 Å². The molecule has 5 rings (SSSR count). The van der Waals surface area contributed by atoms with Crippen LogP contribution in [0.1, 0.15) is 50.8 Å². The van der Waals surface area contributed by atoms with E-state index in [0.29, 0.717) is 48.6 Å². The molecule has 0 aliphatic carbocycles. The minimum absolute atomic E-state index is 0.0270. The molecule has 212 valence electrons. The lowest BCUT2D eigenvalue weighted by atomic mass is 9.96. The van der Waals surface area contributed by atoms with Gasteiger partial charge in [-0.05, 0) is 47.7 Å². The number of halogens is 2. The zero-order chi connectivity index (χ0) is 29.4. The molecule has 0 bridgehead atoms. The summed E-state index contributed by atoms with van der Waals surface area (Å²) in [6, 6.07) is 11.6. The maximum Gasteiger partial charge on any atom is 0.258 e. The van der Waals surface area contributed by atoms with Crippen molar-refractivity contribution in [3.8, 4) is 16.9 Å². The minimum atomic E-state index is -0.457. The Morgan fingerprint density at radius 1 is 1.05 bits per heavy atom. The van der Waals surface area contributed by atoms with Crippen molar-refractivity contribution in [3.05, 3.63) is 93.8 Å². The van der Waals surface area contributed by atoms with E-state index >= 15 is 0 Å². The SMILES string of the molecule is C=CC(=O)N1CCN(c2cc(=O)n(-c3c(C(C)C)ccnc3C(C)C)c3nc(-c4ccccc4F)c(Cl)cc23)CC1. The second-order valence-electron chi connectivity index (χ2n) is 10.8. The molecule has 0 radical (unpaired) electrons. The minimum Gasteiger partial charge on any atom is -0.367 e. The first-order valence-electron chi connectivity index (χ1n) is 13.8. The molecule has 1 aliphatic rings. The van der Waals surface area contributed by atoms with Crippen LogP contribution in [0.4, 0.5) is 10.1 Å². The fourth-order valence-electron chi connectivity index (χ4n) is 5.44. The van der Waals surface area contributed by atoms with Gasteiger partial charge in [0.15, 0.2) is 0 Å². The normalized spacial score (nSPS) is 13.9. The van der Waals surface area contributed by atoms with Crippen molar-refractivity contribution >= 4 is 34.2 Å². The van der Waals surface area contributed by atoms with Crippen LogP contribution < -0.4 is 10.5 Å². The molecule has 41 heavy (non-hydrogen) atoms. The number of hydrogen-bond acceptors (Lipinski definition) is 5. The van der Waals surface area contributed by atoms with Gasteiger partial charge in [0.05, 0.1) is 27.8 Å². The largest absolute Gasteiger partial charge is 0.367 e. The number of anilines is 1. The van der Waals surface area contributed by atoms with Gasteiger partial charge in [-0.25, -0.2) is 9.37 Å². The van der Waals surface area contributed by atoms with Gasteiger partial charge in [0, 0.05) is 49.4 Å².